The molecule has 7 heteroatoms. The first-order valence-electron chi connectivity index (χ1n) is 7.12. The average molecular weight is 332 g/mol. The van der Waals surface area contributed by atoms with Gasteiger partial charge in [0, 0.05) is 25.2 Å². The van der Waals surface area contributed by atoms with Crippen LogP contribution in [-0.2, 0) is 0 Å². The van der Waals surface area contributed by atoms with Crippen molar-refractivity contribution >= 4 is 34.6 Å². The summed E-state index contributed by atoms with van der Waals surface area (Å²) in [6, 6.07) is 2.74. The van der Waals surface area contributed by atoms with Gasteiger partial charge >= 0.3 is 0 Å². The van der Waals surface area contributed by atoms with E-state index in [0.717, 1.165) is 39.0 Å². The lowest BCUT2D eigenvalue weighted by Crippen LogP contribution is -2.36. The van der Waals surface area contributed by atoms with Gasteiger partial charge in [0.05, 0.1) is 20.7 Å². The van der Waals surface area contributed by atoms with E-state index in [2.05, 4.69) is 10.2 Å². The number of anilines is 1. The molecule has 0 aromatic heterocycles. The quantitative estimate of drug-likeness (QED) is 0.659. The van der Waals surface area contributed by atoms with Crippen molar-refractivity contribution in [2.24, 2.45) is 5.92 Å². The van der Waals surface area contributed by atoms with E-state index < -0.39 is 4.92 Å². The third-order valence-corrected chi connectivity index (χ3v) is 4.42. The Morgan fingerprint density at radius 1 is 1.33 bits per heavy atom. The van der Waals surface area contributed by atoms with Crippen molar-refractivity contribution < 1.29 is 4.92 Å². The van der Waals surface area contributed by atoms with Gasteiger partial charge in [-0.1, -0.05) is 23.2 Å². The molecule has 0 amide bonds. The standard InChI is InChI=1S/C14H19Cl2N3O2/c1-2-18(9-10-3-5-17-6-4-10)14-12(15)7-11(19(20)21)8-13(14)16/h7-8,10,17H,2-6,9H2,1H3. The van der Waals surface area contributed by atoms with Crippen LogP contribution in [0.15, 0.2) is 12.1 Å². The van der Waals surface area contributed by atoms with Gasteiger partial charge in [0.25, 0.3) is 5.69 Å². The molecular weight excluding hydrogens is 313 g/mol. The second-order valence-electron chi connectivity index (χ2n) is 5.25. The Hall–Kier alpha value is -1.04. The fraction of sp³-hybridized carbons (Fsp3) is 0.571. The lowest BCUT2D eigenvalue weighted by atomic mass is 9.97. The van der Waals surface area contributed by atoms with Gasteiger partial charge in [-0.05, 0) is 38.8 Å². The van der Waals surface area contributed by atoms with Crippen LogP contribution in [0.5, 0.6) is 0 Å². The minimum atomic E-state index is -0.482. The van der Waals surface area contributed by atoms with Crippen LogP contribution in [-0.4, -0.2) is 31.1 Å². The van der Waals surface area contributed by atoms with Crippen LogP contribution in [0, 0.1) is 16.0 Å². The average Bonchev–Trinajstić information content (AvgIpc) is 2.46. The lowest BCUT2D eigenvalue weighted by Gasteiger charge is -2.31. The van der Waals surface area contributed by atoms with Crippen LogP contribution >= 0.6 is 23.2 Å². The number of rotatable bonds is 5. The maximum atomic E-state index is 10.8. The fourth-order valence-corrected chi connectivity index (χ4v) is 3.43. The summed E-state index contributed by atoms with van der Waals surface area (Å²) in [5.74, 6) is 0.591. The van der Waals surface area contributed by atoms with Gasteiger partial charge in [-0.15, -0.1) is 0 Å². The Labute approximate surface area is 134 Å². The third-order valence-electron chi connectivity index (χ3n) is 3.85. The molecule has 0 spiro atoms. The van der Waals surface area contributed by atoms with E-state index in [4.69, 9.17) is 23.2 Å². The maximum absolute atomic E-state index is 10.8. The maximum Gasteiger partial charge on any atom is 0.272 e. The predicted octanol–water partition coefficient (Wildman–Crippen LogP) is 3.73. The predicted molar refractivity (Wildman–Crippen MR) is 86.6 cm³/mol. The van der Waals surface area contributed by atoms with Crippen LogP contribution in [0.25, 0.3) is 0 Å². The SMILES string of the molecule is CCN(CC1CCNCC1)c1c(Cl)cc([N+](=O)[O-])cc1Cl. The van der Waals surface area contributed by atoms with Crippen LogP contribution in [0.2, 0.25) is 10.0 Å². The molecule has 0 unspecified atom stereocenters. The van der Waals surface area contributed by atoms with E-state index in [-0.39, 0.29) is 5.69 Å². The summed E-state index contributed by atoms with van der Waals surface area (Å²) in [5, 5.41) is 14.9. The zero-order valence-electron chi connectivity index (χ0n) is 11.9. The molecule has 0 bridgehead atoms. The van der Waals surface area contributed by atoms with E-state index in [0.29, 0.717) is 21.7 Å². The molecule has 0 saturated carbocycles. The number of non-ortho nitro benzene ring substituents is 1. The number of nitrogens with one attached hydrogen (secondary N) is 1. The summed E-state index contributed by atoms with van der Waals surface area (Å²) in [4.78, 5) is 12.5. The normalized spacial score (nSPS) is 16.0. The van der Waals surface area contributed by atoms with Crippen molar-refractivity contribution in [2.75, 3.05) is 31.1 Å². The summed E-state index contributed by atoms with van der Waals surface area (Å²) in [6.07, 6.45) is 2.25. The highest BCUT2D eigenvalue weighted by Crippen LogP contribution is 2.38. The van der Waals surface area contributed by atoms with Gasteiger partial charge in [-0.2, -0.15) is 0 Å². The van der Waals surface area contributed by atoms with Crippen LogP contribution in [0.3, 0.4) is 0 Å². The molecule has 1 aliphatic rings. The molecule has 2 rings (SSSR count). The minimum Gasteiger partial charge on any atom is -0.369 e. The number of nitro groups is 1. The van der Waals surface area contributed by atoms with Gasteiger partial charge in [0.1, 0.15) is 0 Å². The number of halogens is 2. The molecular formula is C14H19Cl2N3O2. The van der Waals surface area contributed by atoms with Crippen LogP contribution in [0.4, 0.5) is 11.4 Å². The zero-order chi connectivity index (χ0) is 15.4. The highest BCUT2D eigenvalue weighted by atomic mass is 35.5. The van der Waals surface area contributed by atoms with Crippen molar-refractivity contribution in [1.82, 2.24) is 5.32 Å². The molecule has 116 valence electrons. The number of hydrogen-bond acceptors (Lipinski definition) is 4. The fourth-order valence-electron chi connectivity index (χ4n) is 2.71. The number of nitro benzene ring substituents is 1. The largest absolute Gasteiger partial charge is 0.369 e. The molecule has 1 aliphatic heterocycles. The molecule has 0 radical (unpaired) electrons. The van der Waals surface area contributed by atoms with E-state index in [1.54, 1.807) is 0 Å². The summed E-state index contributed by atoms with van der Waals surface area (Å²) < 4.78 is 0. The van der Waals surface area contributed by atoms with Gasteiger partial charge in [-0.3, -0.25) is 10.1 Å². The molecule has 1 saturated heterocycles. The Morgan fingerprint density at radius 3 is 2.38 bits per heavy atom. The van der Waals surface area contributed by atoms with Gasteiger partial charge in [0.15, 0.2) is 0 Å². The number of hydrogen-bond donors (Lipinski definition) is 1. The smallest absolute Gasteiger partial charge is 0.272 e. The van der Waals surface area contributed by atoms with Crippen LogP contribution < -0.4 is 10.2 Å². The molecule has 21 heavy (non-hydrogen) atoms. The first-order chi connectivity index (χ1) is 10.0. The van der Waals surface area contributed by atoms with Crippen molar-refractivity contribution in [2.45, 2.75) is 19.8 Å². The molecule has 0 atom stereocenters. The topological polar surface area (TPSA) is 58.4 Å². The van der Waals surface area contributed by atoms with Crippen molar-refractivity contribution in [3.63, 3.8) is 0 Å². The number of piperidine rings is 1. The molecule has 1 aromatic rings. The summed E-state index contributed by atoms with van der Waals surface area (Å²) >= 11 is 12.5. The van der Waals surface area contributed by atoms with Gasteiger partial charge < -0.3 is 10.2 Å². The highest BCUT2D eigenvalue weighted by molar-refractivity contribution is 6.39. The second kappa shape index (κ2) is 7.29. The number of benzene rings is 1. The van der Waals surface area contributed by atoms with Crippen LogP contribution in [0.1, 0.15) is 19.8 Å². The Morgan fingerprint density at radius 2 is 1.90 bits per heavy atom. The summed E-state index contributed by atoms with van der Waals surface area (Å²) in [6.45, 7) is 5.74. The van der Waals surface area contributed by atoms with E-state index in [1.807, 2.05) is 6.92 Å². The molecule has 5 nitrogen and oxygen atoms in total. The first kappa shape index (κ1) is 16.3. The summed E-state index contributed by atoms with van der Waals surface area (Å²) in [7, 11) is 0. The molecule has 0 aliphatic carbocycles. The van der Waals surface area contributed by atoms with E-state index in [1.165, 1.54) is 12.1 Å². The first-order valence-corrected chi connectivity index (χ1v) is 7.87. The van der Waals surface area contributed by atoms with Gasteiger partial charge in [0.2, 0.25) is 0 Å². The van der Waals surface area contributed by atoms with Crippen molar-refractivity contribution in [1.29, 1.82) is 0 Å². The molecule has 1 fully saturated rings. The van der Waals surface area contributed by atoms with E-state index in [9.17, 15) is 10.1 Å². The third kappa shape index (κ3) is 3.99. The van der Waals surface area contributed by atoms with E-state index >= 15 is 0 Å². The molecule has 1 heterocycles. The van der Waals surface area contributed by atoms with Crippen molar-refractivity contribution in [3.8, 4) is 0 Å². The Bertz CT molecular complexity index is 496. The highest BCUT2D eigenvalue weighted by Gasteiger charge is 2.22. The van der Waals surface area contributed by atoms with Gasteiger partial charge in [-0.25, -0.2) is 0 Å². The monoisotopic (exact) mass is 331 g/mol. The summed E-state index contributed by atoms with van der Waals surface area (Å²) in [5.41, 5.74) is 0.622. The Balaban J connectivity index is 2.22. The number of nitrogens with zero attached hydrogens (tertiary/aromatic N) is 2. The second-order valence-corrected chi connectivity index (χ2v) is 6.06. The molecule has 1 N–H and O–H groups in total. The lowest BCUT2D eigenvalue weighted by molar-refractivity contribution is -0.384. The minimum absolute atomic E-state index is 0.0772. The molecule has 1 aromatic carbocycles. The zero-order valence-corrected chi connectivity index (χ0v) is 13.5. The Kier molecular flexibility index (Phi) is 5.67. The van der Waals surface area contributed by atoms with Crippen molar-refractivity contribution in [3.05, 3.63) is 32.3 Å².